The third-order valence-corrected chi connectivity index (χ3v) is 4.91. The van der Waals surface area contributed by atoms with Gasteiger partial charge < -0.3 is 9.64 Å². The normalized spacial score (nSPS) is 20.2. The van der Waals surface area contributed by atoms with Crippen molar-refractivity contribution >= 4 is 17.3 Å². The molecule has 134 valence electrons. The number of anilines is 1. The van der Waals surface area contributed by atoms with Gasteiger partial charge in [-0.25, -0.2) is 0 Å². The molecule has 2 aliphatic heterocycles. The molecule has 2 aromatic carbocycles. The maximum atomic E-state index is 12.9. The molecule has 1 unspecified atom stereocenters. The summed E-state index contributed by atoms with van der Waals surface area (Å²) >= 11 is 0. The van der Waals surface area contributed by atoms with Gasteiger partial charge in [-0.15, -0.1) is 0 Å². The topological polar surface area (TPSA) is 45.1 Å². The number of carbonyl (C=O) groups is 1. The molecule has 0 aromatic heterocycles. The van der Waals surface area contributed by atoms with Crippen LogP contribution in [0.5, 0.6) is 0 Å². The standard InChI is InChI=1S/C21H23N3O2/c1-16-11-12-24(22-16)19-9-7-18(8-10-19)21(25)23-13-14-26-20(15-23)17-5-3-2-4-6-17/h2-10,20H,11-15H2,1H3. The van der Waals surface area contributed by atoms with Gasteiger partial charge in [-0.1, -0.05) is 30.3 Å². The second kappa shape index (κ2) is 7.30. The Morgan fingerprint density at radius 2 is 1.85 bits per heavy atom. The van der Waals surface area contributed by atoms with Crippen LogP contribution in [0.15, 0.2) is 59.7 Å². The van der Waals surface area contributed by atoms with Crippen LogP contribution in [0.3, 0.4) is 0 Å². The molecule has 5 nitrogen and oxygen atoms in total. The second-order valence-electron chi connectivity index (χ2n) is 6.78. The molecule has 2 aliphatic rings. The zero-order valence-electron chi connectivity index (χ0n) is 15.0. The van der Waals surface area contributed by atoms with Gasteiger partial charge in [0.1, 0.15) is 6.10 Å². The second-order valence-corrected chi connectivity index (χ2v) is 6.78. The Labute approximate surface area is 153 Å². The van der Waals surface area contributed by atoms with Crippen molar-refractivity contribution in [1.29, 1.82) is 0 Å². The van der Waals surface area contributed by atoms with Gasteiger partial charge >= 0.3 is 0 Å². The number of morpholine rings is 1. The zero-order valence-corrected chi connectivity index (χ0v) is 15.0. The highest BCUT2D eigenvalue weighted by Gasteiger charge is 2.26. The number of nitrogens with zero attached hydrogens (tertiary/aromatic N) is 3. The first-order valence-electron chi connectivity index (χ1n) is 9.08. The van der Waals surface area contributed by atoms with Gasteiger partial charge in [0.2, 0.25) is 0 Å². The smallest absolute Gasteiger partial charge is 0.254 e. The predicted octanol–water partition coefficient (Wildman–Crippen LogP) is 3.49. The Morgan fingerprint density at radius 3 is 2.54 bits per heavy atom. The van der Waals surface area contributed by atoms with E-state index in [0.29, 0.717) is 25.3 Å². The summed E-state index contributed by atoms with van der Waals surface area (Å²) in [6, 6.07) is 17.8. The Hall–Kier alpha value is -2.66. The summed E-state index contributed by atoms with van der Waals surface area (Å²) in [5.74, 6) is 0.0573. The lowest BCUT2D eigenvalue weighted by atomic mass is 10.1. The molecule has 26 heavy (non-hydrogen) atoms. The first kappa shape index (κ1) is 16.8. The van der Waals surface area contributed by atoms with E-state index in [1.54, 1.807) is 0 Å². The van der Waals surface area contributed by atoms with Crippen molar-refractivity contribution in [2.75, 3.05) is 31.3 Å². The Balaban J connectivity index is 1.45. The van der Waals surface area contributed by atoms with Crippen LogP contribution in [0.4, 0.5) is 5.69 Å². The summed E-state index contributed by atoms with van der Waals surface area (Å²) in [5, 5.41) is 6.49. The Kier molecular flexibility index (Phi) is 4.71. The minimum Gasteiger partial charge on any atom is -0.370 e. The molecule has 0 saturated carbocycles. The molecule has 0 aliphatic carbocycles. The quantitative estimate of drug-likeness (QED) is 0.852. The highest BCUT2D eigenvalue weighted by atomic mass is 16.5. The minimum absolute atomic E-state index is 0.0573. The van der Waals surface area contributed by atoms with Crippen molar-refractivity contribution in [1.82, 2.24) is 4.90 Å². The Bertz CT molecular complexity index is 802. The first-order chi connectivity index (χ1) is 12.7. The van der Waals surface area contributed by atoms with Crippen LogP contribution in [-0.2, 0) is 4.74 Å². The van der Waals surface area contributed by atoms with Crippen molar-refractivity contribution < 1.29 is 9.53 Å². The van der Waals surface area contributed by atoms with Crippen molar-refractivity contribution in [2.45, 2.75) is 19.4 Å². The van der Waals surface area contributed by atoms with Gasteiger partial charge in [0.05, 0.1) is 18.8 Å². The summed E-state index contributed by atoms with van der Waals surface area (Å²) in [6.45, 7) is 4.71. The van der Waals surface area contributed by atoms with Gasteiger partial charge in [0.25, 0.3) is 5.91 Å². The molecule has 1 fully saturated rings. The highest BCUT2D eigenvalue weighted by Crippen LogP contribution is 2.24. The fourth-order valence-electron chi connectivity index (χ4n) is 3.42. The van der Waals surface area contributed by atoms with E-state index in [2.05, 4.69) is 5.10 Å². The molecule has 0 spiro atoms. The molecule has 0 radical (unpaired) electrons. The number of rotatable bonds is 3. The fourth-order valence-corrected chi connectivity index (χ4v) is 3.42. The third kappa shape index (κ3) is 3.48. The number of benzene rings is 2. The first-order valence-corrected chi connectivity index (χ1v) is 9.08. The number of hydrogen-bond donors (Lipinski definition) is 0. The molecule has 0 N–H and O–H groups in total. The van der Waals surface area contributed by atoms with E-state index in [0.717, 1.165) is 29.9 Å². The number of hydrogen-bond acceptors (Lipinski definition) is 4. The average molecular weight is 349 g/mol. The van der Waals surface area contributed by atoms with Crippen LogP contribution in [-0.4, -0.2) is 42.8 Å². The van der Waals surface area contributed by atoms with Gasteiger partial charge in [-0.2, -0.15) is 5.10 Å². The summed E-state index contributed by atoms with van der Waals surface area (Å²) in [6.07, 6.45) is 0.935. The van der Waals surface area contributed by atoms with Crippen LogP contribution in [0.1, 0.15) is 35.4 Å². The van der Waals surface area contributed by atoms with E-state index in [1.165, 1.54) is 0 Å². The minimum atomic E-state index is -0.0601. The van der Waals surface area contributed by atoms with Crippen molar-refractivity contribution in [3.63, 3.8) is 0 Å². The molecule has 2 aromatic rings. The van der Waals surface area contributed by atoms with E-state index in [4.69, 9.17) is 4.74 Å². The zero-order chi connectivity index (χ0) is 17.9. The summed E-state index contributed by atoms with van der Waals surface area (Å²) in [7, 11) is 0. The molecular weight excluding hydrogens is 326 g/mol. The maximum absolute atomic E-state index is 12.9. The lowest BCUT2D eigenvalue weighted by Gasteiger charge is -2.33. The van der Waals surface area contributed by atoms with Crippen LogP contribution in [0, 0.1) is 0 Å². The molecule has 2 heterocycles. The van der Waals surface area contributed by atoms with Gasteiger partial charge in [-0.3, -0.25) is 9.80 Å². The number of amides is 1. The summed E-state index contributed by atoms with van der Waals surface area (Å²) < 4.78 is 5.86. The number of hydrazone groups is 1. The largest absolute Gasteiger partial charge is 0.370 e. The lowest BCUT2D eigenvalue weighted by molar-refractivity contribution is -0.0228. The Morgan fingerprint density at radius 1 is 1.08 bits per heavy atom. The van der Waals surface area contributed by atoms with Gasteiger partial charge in [0.15, 0.2) is 0 Å². The summed E-state index contributed by atoms with van der Waals surface area (Å²) in [5.41, 5.74) is 4.00. The highest BCUT2D eigenvalue weighted by molar-refractivity contribution is 5.94. The van der Waals surface area contributed by atoms with Crippen molar-refractivity contribution in [2.24, 2.45) is 5.10 Å². The van der Waals surface area contributed by atoms with Gasteiger partial charge in [0, 0.05) is 30.8 Å². The molecule has 5 heteroatoms. The van der Waals surface area contributed by atoms with E-state index >= 15 is 0 Å². The van der Waals surface area contributed by atoms with E-state index < -0.39 is 0 Å². The van der Waals surface area contributed by atoms with Crippen LogP contribution in [0.25, 0.3) is 0 Å². The molecular formula is C21H23N3O2. The fraction of sp³-hybridized carbons (Fsp3) is 0.333. The number of carbonyl (C=O) groups excluding carboxylic acids is 1. The molecule has 1 saturated heterocycles. The molecule has 1 amide bonds. The SMILES string of the molecule is CC1=NN(c2ccc(C(=O)N3CCOC(c4ccccc4)C3)cc2)CC1. The molecule has 1 atom stereocenters. The third-order valence-electron chi connectivity index (χ3n) is 4.91. The number of ether oxygens (including phenoxy) is 1. The maximum Gasteiger partial charge on any atom is 0.254 e. The summed E-state index contributed by atoms with van der Waals surface area (Å²) in [4.78, 5) is 14.8. The molecule has 4 rings (SSSR count). The van der Waals surface area contributed by atoms with Crippen molar-refractivity contribution in [3.8, 4) is 0 Å². The lowest BCUT2D eigenvalue weighted by Crippen LogP contribution is -2.42. The van der Waals surface area contributed by atoms with Gasteiger partial charge in [-0.05, 0) is 36.8 Å². The van der Waals surface area contributed by atoms with Crippen LogP contribution in [0.2, 0.25) is 0 Å². The van der Waals surface area contributed by atoms with Crippen LogP contribution < -0.4 is 5.01 Å². The van der Waals surface area contributed by atoms with E-state index in [1.807, 2.05) is 71.4 Å². The van der Waals surface area contributed by atoms with E-state index in [9.17, 15) is 4.79 Å². The predicted molar refractivity (Wildman–Crippen MR) is 103 cm³/mol. The van der Waals surface area contributed by atoms with Crippen molar-refractivity contribution in [3.05, 3.63) is 65.7 Å². The molecule has 0 bridgehead atoms. The van der Waals surface area contributed by atoms with E-state index in [-0.39, 0.29) is 12.0 Å². The monoisotopic (exact) mass is 349 g/mol. The average Bonchev–Trinajstić information content (AvgIpc) is 3.15. The van der Waals surface area contributed by atoms with Crippen LogP contribution >= 0.6 is 0 Å².